The zero-order valence-corrected chi connectivity index (χ0v) is 13.3. The zero-order valence-electron chi connectivity index (χ0n) is 13.3. The Morgan fingerprint density at radius 2 is 1.68 bits per heavy atom. The maximum absolute atomic E-state index is 12.1. The third-order valence-corrected chi connectivity index (χ3v) is 3.61. The van der Waals surface area contributed by atoms with Crippen molar-refractivity contribution < 1.29 is 4.79 Å². The average Bonchev–Trinajstić information content (AvgIpc) is 2.53. The minimum absolute atomic E-state index is 0.0868. The number of rotatable bonds is 3. The van der Waals surface area contributed by atoms with E-state index in [9.17, 15) is 4.79 Å². The van der Waals surface area contributed by atoms with Gasteiger partial charge in [-0.15, -0.1) is 0 Å². The predicted octanol–water partition coefficient (Wildman–Crippen LogP) is 3.61. The molecule has 112 valence electrons. The van der Waals surface area contributed by atoms with Crippen LogP contribution in [0, 0.1) is 18.8 Å². The summed E-state index contributed by atoms with van der Waals surface area (Å²) in [6.45, 7) is 2.06. The van der Waals surface area contributed by atoms with Crippen molar-refractivity contribution in [3.63, 3.8) is 0 Å². The Labute approximate surface area is 132 Å². The average molecular weight is 291 g/mol. The van der Waals surface area contributed by atoms with Gasteiger partial charge in [0, 0.05) is 26.1 Å². The Morgan fingerprint density at radius 1 is 1.05 bits per heavy atom. The Hall–Kier alpha value is -2.53. The van der Waals surface area contributed by atoms with Gasteiger partial charge in [0.2, 0.25) is 5.91 Å². The van der Waals surface area contributed by atoms with Crippen LogP contribution in [-0.2, 0) is 4.79 Å². The van der Waals surface area contributed by atoms with Crippen molar-refractivity contribution in [3.05, 3.63) is 71.3 Å². The van der Waals surface area contributed by atoms with Gasteiger partial charge in [0.05, 0.1) is 5.92 Å². The molecule has 0 aliphatic carbocycles. The minimum Gasteiger partial charge on any atom is -0.349 e. The molecule has 0 aliphatic rings. The van der Waals surface area contributed by atoms with Crippen LogP contribution in [0.15, 0.2) is 54.6 Å². The van der Waals surface area contributed by atoms with Gasteiger partial charge < -0.3 is 4.90 Å². The van der Waals surface area contributed by atoms with Crippen LogP contribution in [0.5, 0.6) is 0 Å². The molecule has 2 nitrogen and oxygen atoms in total. The smallest absolute Gasteiger partial charge is 0.223 e. The number of benzene rings is 2. The van der Waals surface area contributed by atoms with Gasteiger partial charge in [-0.2, -0.15) is 0 Å². The highest BCUT2D eigenvalue weighted by atomic mass is 16.2. The summed E-state index contributed by atoms with van der Waals surface area (Å²) < 4.78 is 0. The summed E-state index contributed by atoms with van der Waals surface area (Å²) in [7, 11) is 3.56. The molecule has 1 amide bonds. The molecule has 0 aromatic heterocycles. The summed E-state index contributed by atoms with van der Waals surface area (Å²) in [4.78, 5) is 13.7. The van der Waals surface area contributed by atoms with Crippen LogP contribution < -0.4 is 0 Å². The zero-order chi connectivity index (χ0) is 15.9. The van der Waals surface area contributed by atoms with Gasteiger partial charge in [-0.1, -0.05) is 54.3 Å². The maximum atomic E-state index is 12.1. The molecule has 22 heavy (non-hydrogen) atoms. The molecule has 0 bridgehead atoms. The van der Waals surface area contributed by atoms with E-state index in [4.69, 9.17) is 0 Å². The van der Waals surface area contributed by atoms with Gasteiger partial charge in [-0.25, -0.2) is 0 Å². The molecule has 0 radical (unpaired) electrons. The third kappa shape index (κ3) is 4.23. The number of hydrogen-bond acceptors (Lipinski definition) is 1. The summed E-state index contributed by atoms with van der Waals surface area (Å²) in [5.74, 6) is 6.48. The molecule has 0 saturated carbocycles. The first-order valence-corrected chi connectivity index (χ1v) is 7.40. The minimum atomic E-state index is -0.0868. The second kappa shape index (κ2) is 7.47. The lowest BCUT2D eigenvalue weighted by Gasteiger charge is -2.16. The molecule has 2 aromatic carbocycles. The van der Waals surface area contributed by atoms with E-state index in [0.29, 0.717) is 6.42 Å². The second-order valence-corrected chi connectivity index (χ2v) is 5.54. The molecule has 0 fully saturated rings. The van der Waals surface area contributed by atoms with E-state index in [-0.39, 0.29) is 11.8 Å². The van der Waals surface area contributed by atoms with E-state index in [1.807, 2.05) is 42.5 Å². The van der Waals surface area contributed by atoms with Crippen molar-refractivity contribution in [3.8, 4) is 11.8 Å². The molecular weight excluding hydrogens is 270 g/mol. The van der Waals surface area contributed by atoms with Crippen LogP contribution in [-0.4, -0.2) is 24.9 Å². The van der Waals surface area contributed by atoms with Crippen LogP contribution in [0.2, 0.25) is 0 Å². The van der Waals surface area contributed by atoms with Crippen LogP contribution in [0.1, 0.15) is 29.0 Å². The standard InChI is InChI=1S/C20H21NO/c1-16-9-7-8-12-19(16)18(15-20(22)21(2)3)14-13-17-10-5-4-6-11-17/h4-12,18H,15H2,1-3H3/t18-/m0/s1. The summed E-state index contributed by atoms with van der Waals surface area (Å²) >= 11 is 0. The topological polar surface area (TPSA) is 20.3 Å². The highest BCUT2D eigenvalue weighted by Gasteiger charge is 2.16. The van der Waals surface area contributed by atoms with Gasteiger partial charge in [-0.3, -0.25) is 4.79 Å². The van der Waals surface area contributed by atoms with E-state index < -0.39 is 0 Å². The lowest BCUT2D eigenvalue weighted by atomic mass is 9.92. The first-order chi connectivity index (χ1) is 10.6. The lowest BCUT2D eigenvalue weighted by molar-refractivity contribution is -0.128. The van der Waals surface area contributed by atoms with Crippen molar-refractivity contribution in [1.82, 2.24) is 4.90 Å². The predicted molar refractivity (Wildman–Crippen MR) is 90.6 cm³/mol. The number of aryl methyl sites for hydroxylation is 1. The van der Waals surface area contributed by atoms with Gasteiger partial charge in [0.15, 0.2) is 0 Å². The molecule has 0 saturated heterocycles. The van der Waals surface area contributed by atoms with Crippen molar-refractivity contribution in [2.24, 2.45) is 0 Å². The lowest BCUT2D eigenvalue weighted by Crippen LogP contribution is -2.23. The molecule has 0 heterocycles. The largest absolute Gasteiger partial charge is 0.349 e. The summed E-state index contributed by atoms with van der Waals surface area (Å²) in [6.07, 6.45) is 0.400. The number of amides is 1. The SMILES string of the molecule is Cc1ccccc1[C@@H](C#Cc1ccccc1)CC(=O)N(C)C. The third-order valence-electron chi connectivity index (χ3n) is 3.61. The van der Waals surface area contributed by atoms with Crippen molar-refractivity contribution in [2.45, 2.75) is 19.3 Å². The summed E-state index contributed by atoms with van der Waals surface area (Å²) in [5, 5.41) is 0. The fourth-order valence-corrected chi connectivity index (χ4v) is 2.27. The Morgan fingerprint density at radius 3 is 2.32 bits per heavy atom. The monoisotopic (exact) mass is 291 g/mol. The number of carbonyl (C=O) groups excluding carboxylic acids is 1. The van der Waals surface area contributed by atoms with Gasteiger partial charge >= 0.3 is 0 Å². The molecule has 0 aliphatic heterocycles. The van der Waals surface area contributed by atoms with Crippen molar-refractivity contribution in [1.29, 1.82) is 0 Å². The maximum Gasteiger partial charge on any atom is 0.223 e. The van der Waals surface area contributed by atoms with Crippen LogP contribution in [0.25, 0.3) is 0 Å². The Balaban J connectivity index is 2.32. The van der Waals surface area contributed by atoms with E-state index in [1.54, 1.807) is 19.0 Å². The molecule has 0 spiro atoms. The van der Waals surface area contributed by atoms with E-state index in [1.165, 1.54) is 5.56 Å². The highest BCUT2D eigenvalue weighted by molar-refractivity contribution is 5.77. The van der Waals surface area contributed by atoms with E-state index in [2.05, 4.69) is 30.9 Å². The Bertz CT molecular complexity index is 692. The van der Waals surface area contributed by atoms with Crippen LogP contribution >= 0.6 is 0 Å². The first-order valence-electron chi connectivity index (χ1n) is 7.40. The van der Waals surface area contributed by atoms with E-state index >= 15 is 0 Å². The number of hydrogen-bond donors (Lipinski definition) is 0. The molecule has 2 heteroatoms. The van der Waals surface area contributed by atoms with Crippen LogP contribution in [0.3, 0.4) is 0 Å². The molecule has 1 atom stereocenters. The number of nitrogens with zero attached hydrogens (tertiary/aromatic N) is 1. The molecule has 2 rings (SSSR count). The highest BCUT2D eigenvalue weighted by Crippen LogP contribution is 2.23. The fraction of sp³-hybridized carbons (Fsp3) is 0.250. The summed E-state index contributed by atoms with van der Waals surface area (Å²) in [5.41, 5.74) is 3.26. The summed E-state index contributed by atoms with van der Waals surface area (Å²) in [6, 6.07) is 18.0. The van der Waals surface area contributed by atoms with Crippen molar-refractivity contribution >= 4 is 5.91 Å². The normalized spacial score (nSPS) is 11.2. The quantitative estimate of drug-likeness (QED) is 0.791. The fourth-order valence-electron chi connectivity index (χ4n) is 2.27. The molecular formula is C20H21NO. The first kappa shape index (κ1) is 15.9. The Kier molecular flexibility index (Phi) is 5.38. The van der Waals surface area contributed by atoms with Gasteiger partial charge in [0.1, 0.15) is 0 Å². The second-order valence-electron chi connectivity index (χ2n) is 5.54. The molecule has 0 unspecified atom stereocenters. The van der Waals surface area contributed by atoms with Crippen molar-refractivity contribution in [2.75, 3.05) is 14.1 Å². The number of carbonyl (C=O) groups is 1. The van der Waals surface area contributed by atoms with Gasteiger partial charge in [0.25, 0.3) is 0 Å². The van der Waals surface area contributed by atoms with E-state index in [0.717, 1.165) is 11.1 Å². The molecule has 0 N–H and O–H groups in total. The van der Waals surface area contributed by atoms with Gasteiger partial charge in [-0.05, 0) is 30.2 Å². The van der Waals surface area contributed by atoms with Crippen LogP contribution in [0.4, 0.5) is 0 Å². The molecule has 2 aromatic rings.